The Morgan fingerprint density at radius 3 is 1.56 bits per heavy atom. The SMILES string of the molecule is c1ccc(-c2ccc(-c3cc(-c4cccc(-c5ccccc5)c4)nc(-c4ccc5c(c4)-c4ccccc4C54c5ccccc5-c5ccc6ccccc6c54)n3)cc2)cc1. The van der Waals surface area contributed by atoms with E-state index in [2.05, 4.69) is 218 Å². The minimum atomic E-state index is -0.455. The van der Waals surface area contributed by atoms with Gasteiger partial charge < -0.3 is 0 Å². The first-order chi connectivity index (χ1) is 29.2. The van der Waals surface area contributed by atoms with Gasteiger partial charge in [-0.3, -0.25) is 0 Å². The standard InChI is InChI=1S/C57H36N2/c1-3-14-37(15-4-1)39-26-28-41(29-27-39)53-36-54(43-20-13-19-42(34-43)38-16-5-2-6-17-38)59-56(58-53)44-31-33-52-49(35-44)47-23-10-12-25-51(47)57(52)50-24-11-9-22-46(50)48-32-30-40-18-7-8-21-45(40)55(48)57/h1-36H. The Morgan fingerprint density at radius 1 is 0.288 bits per heavy atom. The molecule has 0 radical (unpaired) electrons. The molecule has 0 fully saturated rings. The quantitative estimate of drug-likeness (QED) is 0.175. The van der Waals surface area contributed by atoms with Crippen molar-refractivity contribution in [3.8, 4) is 78.4 Å². The molecule has 1 unspecified atom stereocenters. The normalized spacial score (nSPS) is 14.5. The van der Waals surface area contributed by atoms with Crippen LogP contribution in [0.5, 0.6) is 0 Å². The van der Waals surface area contributed by atoms with Gasteiger partial charge in [0.2, 0.25) is 0 Å². The van der Waals surface area contributed by atoms with Crippen LogP contribution in [0.2, 0.25) is 0 Å². The fraction of sp³-hybridized carbons (Fsp3) is 0.0175. The predicted molar refractivity (Wildman–Crippen MR) is 243 cm³/mol. The number of benzene rings is 9. The molecule has 1 heterocycles. The van der Waals surface area contributed by atoms with Crippen LogP contribution in [0.15, 0.2) is 218 Å². The Balaban J connectivity index is 1.06. The summed E-state index contributed by atoms with van der Waals surface area (Å²) in [5.74, 6) is 0.702. The van der Waals surface area contributed by atoms with E-state index in [0.717, 1.165) is 33.6 Å². The van der Waals surface area contributed by atoms with Gasteiger partial charge >= 0.3 is 0 Å². The number of hydrogen-bond donors (Lipinski definition) is 0. The molecule has 1 spiro atoms. The molecule has 0 saturated carbocycles. The number of aromatic nitrogens is 2. The zero-order chi connectivity index (χ0) is 38.9. The van der Waals surface area contributed by atoms with Crippen molar-refractivity contribution in [2.45, 2.75) is 5.41 Å². The van der Waals surface area contributed by atoms with Crippen LogP contribution in [0.1, 0.15) is 22.3 Å². The van der Waals surface area contributed by atoms with Crippen molar-refractivity contribution in [1.82, 2.24) is 9.97 Å². The molecule has 59 heavy (non-hydrogen) atoms. The minimum absolute atomic E-state index is 0.455. The fourth-order valence-corrected chi connectivity index (χ4v) is 9.89. The van der Waals surface area contributed by atoms with Crippen molar-refractivity contribution in [3.63, 3.8) is 0 Å². The maximum Gasteiger partial charge on any atom is 0.160 e. The number of hydrogen-bond acceptors (Lipinski definition) is 2. The van der Waals surface area contributed by atoms with E-state index < -0.39 is 5.41 Å². The van der Waals surface area contributed by atoms with E-state index in [0.29, 0.717) is 5.82 Å². The summed E-state index contributed by atoms with van der Waals surface area (Å²) < 4.78 is 0. The zero-order valence-corrected chi connectivity index (χ0v) is 32.2. The topological polar surface area (TPSA) is 25.8 Å². The molecule has 0 saturated heterocycles. The van der Waals surface area contributed by atoms with Crippen molar-refractivity contribution in [3.05, 3.63) is 241 Å². The van der Waals surface area contributed by atoms with Crippen molar-refractivity contribution in [2.75, 3.05) is 0 Å². The lowest BCUT2D eigenvalue weighted by Gasteiger charge is -2.31. The van der Waals surface area contributed by atoms with Crippen molar-refractivity contribution < 1.29 is 0 Å². The molecule has 0 bridgehead atoms. The second kappa shape index (κ2) is 13.2. The molecule has 274 valence electrons. The lowest BCUT2D eigenvalue weighted by atomic mass is 9.69. The summed E-state index contributed by atoms with van der Waals surface area (Å²) >= 11 is 0. The van der Waals surface area contributed by atoms with E-state index in [1.165, 1.54) is 72.0 Å². The number of nitrogens with zero attached hydrogens (tertiary/aromatic N) is 2. The molecule has 2 nitrogen and oxygen atoms in total. The molecule has 1 aromatic heterocycles. The highest BCUT2D eigenvalue weighted by Crippen LogP contribution is 2.64. The van der Waals surface area contributed by atoms with Gasteiger partial charge in [0.1, 0.15) is 0 Å². The molecule has 0 amide bonds. The molecule has 2 heteroatoms. The summed E-state index contributed by atoms with van der Waals surface area (Å²) in [4.78, 5) is 10.7. The number of fused-ring (bicyclic) bond motifs is 12. The van der Waals surface area contributed by atoms with Gasteiger partial charge in [-0.05, 0) is 95.7 Å². The molecule has 2 aliphatic rings. The van der Waals surface area contributed by atoms with Crippen LogP contribution in [0.4, 0.5) is 0 Å². The first-order valence-electron chi connectivity index (χ1n) is 20.3. The van der Waals surface area contributed by atoms with Gasteiger partial charge in [-0.15, -0.1) is 0 Å². The van der Waals surface area contributed by atoms with E-state index in [1.54, 1.807) is 0 Å². The summed E-state index contributed by atoms with van der Waals surface area (Å²) in [6.07, 6.45) is 0. The van der Waals surface area contributed by atoms with E-state index in [4.69, 9.17) is 9.97 Å². The molecule has 0 N–H and O–H groups in total. The Hall–Kier alpha value is -7.68. The van der Waals surface area contributed by atoms with Crippen molar-refractivity contribution in [2.24, 2.45) is 0 Å². The zero-order valence-electron chi connectivity index (χ0n) is 32.2. The molecule has 10 aromatic rings. The van der Waals surface area contributed by atoms with Crippen molar-refractivity contribution in [1.29, 1.82) is 0 Å². The molecule has 9 aromatic carbocycles. The molecule has 2 aliphatic carbocycles. The molecule has 12 rings (SSSR count). The van der Waals surface area contributed by atoms with Gasteiger partial charge in [-0.2, -0.15) is 0 Å². The molecular formula is C57H36N2. The Bertz CT molecular complexity index is 3260. The average Bonchev–Trinajstić information content (AvgIpc) is 3.79. The van der Waals surface area contributed by atoms with E-state index in [1.807, 2.05) is 0 Å². The van der Waals surface area contributed by atoms with Crippen LogP contribution in [0.25, 0.3) is 89.2 Å². The van der Waals surface area contributed by atoms with Gasteiger partial charge in [-0.1, -0.05) is 200 Å². The van der Waals surface area contributed by atoms with E-state index in [-0.39, 0.29) is 0 Å². The van der Waals surface area contributed by atoms with Gasteiger partial charge in [0, 0.05) is 16.7 Å². The van der Waals surface area contributed by atoms with Crippen LogP contribution < -0.4 is 0 Å². The van der Waals surface area contributed by atoms with Crippen LogP contribution in [0, 0.1) is 0 Å². The highest BCUT2D eigenvalue weighted by Gasteiger charge is 2.52. The second-order valence-electron chi connectivity index (χ2n) is 15.7. The number of rotatable bonds is 5. The van der Waals surface area contributed by atoms with Gasteiger partial charge in [0.05, 0.1) is 16.8 Å². The van der Waals surface area contributed by atoms with Crippen LogP contribution in [-0.4, -0.2) is 9.97 Å². The highest BCUT2D eigenvalue weighted by molar-refractivity contribution is 6.04. The Morgan fingerprint density at radius 2 is 0.814 bits per heavy atom. The Kier molecular flexibility index (Phi) is 7.48. The molecule has 1 atom stereocenters. The Labute approximate surface area is 343 Å². The maximum atomic E-state index is 5.37. The minimum Gasteiger partial charge on any atom is -0.228 e. The first-order valence-corrected chi connectivity index (χ1v) is 20.3. The first kappa shape index (κ1) is 33.5. The summed E-state index contributed by atoms with van der Waals surface area (Å²) in [7, 11) is 0. The summed E-state index contributed by atoms with van der Waals surface area (Å²) in [6.45, 7) is 0. The van der Waals surface area contributed by atoms with Gasteiger partial charge in [0.25, 0.3) is 0 Å². The summed E-state index contributed by atoms with van der Waals surface area (Å²) in [6, 6.07) is 79.1. The van der Waals surface area contributed by atoms with E-state index in [9.17, 15) is 0 Å². The summed E-state index contributed by atoms with van der Waals surface area (Å²) in [5, 5.41) is 2.55. The van der Waals surface area contributed by atoms with Crippen LogP contribution in [0.3, 0.4) is 0 Å². The third-order valence-electron chi connectivity index (χ3n) is 12.5. The monoisotopic (exact) mass is 748 g/mol. The average molecular weight is 749 g/mol. The second-order valence-corrected chi connectivity index (χ2v) is 15.7. The van der Waals surface area contributed by atoms with Gasteiger partial charge in [0.15, 0.2) is 5.82 Å². The smallest absolute Gasteiger partial charge is 0.160 e. The van der Waals surface area contributed by atoms with Gasteiger partial charge in [-0.25, -0.2) is 9.97 Å². The lowest BCUT2D eigenvalue weighted by Crippen LogP contribution is -2.26. The largest absolute Gasteiger partial charge is 0.228 e. The van der Waals surface area contributed by atoms with E-state index >= 15 is 0 Å². The predicted octanol–water partition coefficient (Wildman–Crippen LogP) is 14.3. The third kappa shape index (κ3) is 5.13. The van der Waals surface area contributed by atoms with Crippen LogP contribution in [-0.2, 0) is 5.41 Å². The summed E-state index contributed by atoms with van der Waals surface area (Å²) in [5.41, 5.74) is 19.5. The molecule has 0 aliphatic heterocycles. The van der Waals surface area contributed by atoms with Crippen LogP contribution >= 0.6 is 0 Å². The van der Waals surface area contributed by atoms with Crippen molar-refractivity contribution >= 4 is 10.8 Å². The maximum absolute atomic E-state index is 5.37. The third-order valence-corrected chi connectivity index (χ3v) is 12.5. The highest BCUT2D eigenvalue weighted by atomic mass is 14.9. The molecular weight excluding hydrogens is 713 g/mol. The lowest BCUT2D eigenvalue weighted by molar-refractivity contribution is 0.801. The fourth-order valence-electron chi connectivity index (χ4n) is 9.89.